The van der Waals surface area contributed by atoms with Gasteiger partial charge in [-0.15, -0.1) is 0 Å². The summed E-state index contributed by atoms with van der Waals surface area (Å²) in [4.78, 5) is 73.0. The fourth-order valence-corrected chi connectivity index (χ4v) is 4.43. The van der Waals surface area contributed by atoms with Crippen LogP contribution in [0.25, 0.3) is 12.2 Å². The van der Waals surface area contributed by atoms with Gasteiger partial charge >= 0.3 is 23.2 Å². The molecule has 0 radical (unpaired) electrons. The number of H-pyrrole nitrogens is 2. The van der Waals surface area contributed by atoms with E-state index in [-0.39, 0.29) is 31.8 Å². The number of unbranched alkanes of at least 4 members (excludes halogenated alkanes) is 3. The number of hydrogen-bond acceptors (Lipinski definition) is 7. The van der Waals surface area contributed by atoms with Gasteiger partial charge in [0.1, 0.15) is 18.2 Å². The lowest BCUT2D eigenvalue weighted by atomic mass is 10.0. The number of nitrogens with one attached hydrogen (secondary N) is 4. The summed E-state index contributed by atoms with van der Waals surface area (Å²) in [5.74, 6) is -1.23. The lowest BCUT2D eigenvalue weighted by Gasteiger charge is -2.23. The molecule has 2 heterocycles. The van der Waals surface area contributed by atoms with Gasteiger partial charge in [-0.05, 0) is 65.9 Å². The maximum Gasteiger partial charge on any atom is 0.408 e. The van der Waals surface area contributed by atoms with Crippen LogP contribution in [0.2, 0.25) is 0 Å². The van der Waals surface area contributed by atoms with Gasteiger partial charge in [-0.25, -0.2) is 9.59 Å². The summed E-state index contributed by atoms with van der Waals surface area (Å²) in [6.07, 6.45) is 16.1. The number of aromatic nitrogens is 2. The predicted octanol–water partition coefficient (Wildman–Crippen LogP) is 3.34. The summed E-state index contributed by atoms with van der Waals surface area (Å²) >= 11 is 0. The molecule has 3 atom stereocenters. The average Bonchev–Trinajstić information content (AvgIpc) is 3.42. The molecule has 1 aliphatic heterocycles. The van der Waals surface area contributed by atoms with Crippen LogP contribution in [0.3, 0.4) is 0 Å². The van der Waals surface area contributed by atoms with Crippen molar-refractivity contribution >= 4 is 36.5 Å². The Morgan fingerprint density at radius 2 is 1.75 bits per heavy atom. The van der Waals surface area contributed by atoms with Crippen molar-refractivity contribution in [2.45, 2.75) is 119 Å². The maximum atomic E-state index is 11.8. The molecule has 13 nitrogen and oxygen atoms in total. The maximum absolute atomic E-state index is 11.8. The fraction of sp³-hybridized carbons (Fsp3) is 0.600. The monoisotopic (exact) mass is 677 g/mol. The number of carbonyl (C=O) groups is 4. The molecule has 5 N–H and O–H groups in total. The van der Waals surface area contributed by atoms with Crippen LogP contribution in [0, 0.1) is 5.92 Å². The molecule has 0 aliphatic carbocycles. The molecule has 0 spiro atoms. The number of likely N-dealkylation sites (tertiary alicyclic amines) is 1. The summed E-state index contributed by atoms with van der Waals surface area (Å²) in [7, 11) is 0. The van der Waals surface area contributed by atoms with Crippen LogP contribution in [0.4, 0.5) is 4.79 Å². The van der Waals surface area contributed by atoms with Gasteiger partial charge in [0.15, 0.2) is 0 Å². The zero-order valence-electron chi connectivity index (χ0n) is 29.0. The first kappa shape index (κ1) is 45.7. The standard InChI is InChI=1S/C12H22N2O3.C12H21NO3.C10H12N2O2.CH4/c1-9-6-5-7-14(9)10(15)8-13-11(16)17-12(2,3)4;1-3-4-5-6-7-8-10(2)11(12(15)16)13-9-14;1-3-5-7-8(6-4-2)12-10(14)9(13)11-7;/h9H,5-8H2,1-4H3,(H,13,16);7-11H,3-6H2,1-2H3,(H,13,14)(H,15,16);3,5-6H,1,4H2,2H3,(H,11,13)(H,12,14);1H4/b;8-7-;7-5+,8-6+;. The van der Waals surface area contributed by atoms with Gasteiger partial charge in [-0.3, -0.25) is 19.2 Å². The number of alkyl carbamates (subject to hydrolysis) is 1. The Bertz CT molecular complexity index is 1410. The molecule has 2 rings (SSSR count). The first-order valence-corrected chi connectivity index (χ1v) is 16.1. The lowest BCUT2D eigenvalue weighted by Crippen LogP contribution is -2.46. The highest BCUT2D eigenvalue weighted by atomic mass is 16.6. The van der Waals surface area contributed by atoms with Crippen LogP contribution in [0.1, 0.15) is 101 Å². The molecule has 3 amide bonds. The molecule has 3 unspecified atom stereocenters. The average molecular weight is 678 g/mol. The Labute approximate surface area is 284 Å². The van der Waals surface area contributed by atoms with E-state index < -0.39 is 34.8 Å². The summed E-state index contributed by atoms with van der Waals surface area (Å²) in [5.41, 5.74) is -1.81. The largest absolute Gasteiger partial charge is 0.480 e. The topological polar surface area (TPSA) is 191 Å². The Kier molecular flexibility index (Phi) is 23.5. The molecule has 1 aromatic heterocycles. The molecule has 1 fully saturated rings. The number of amides is 3. The smallest absolute Gasteiger partial charge is 0.408 e. The van der Waals surface area contributed by atoms with E-state index in [0.29, 0.717) is 17.1 Å². The molecule has 0 bridgehead atoms. The van der Waals surface area contributed by atoms with Crippen LogP contribution in [-0.2, 0) is 19.1 Å². The van der Waals surface area contributed by atoms with Gasteiger partial charge in [0.2, 0.25) is 12.3 Å². The molecule has 1 aromatic rings. The third kappa shape index (κ3) is 19.3. The second kappa shape index (κ2) is 24.7. The Morgan fingerprint density at radius 1 is 1.12 bits per heavy atom. The van der Waals surface area contributed by atoms with Crippen molar-refractivity contribution in [2.75, 3.05) is 13.1 Å². The van der Waals surface area contributed by atoms with Crippen molar-refractivity contribution in [3.8, 4) is 0 Å². The van der Waals surface area contributed by atoms with Crippen LogP contribution in [0.5, 0.6) is 0 Å². The molecule has 13 heteroatoms. The number of ether oxygens (including phenoxy) is 1. The van der Waals surface area contributed by atoms with E-state index in [4.69, 9.17) is 9.84 Å². The van der Waals surface area contributed by atoms with E-state index in [2.05, 4.69) is 34.1 Å². The van der Waals surface area contributed by atoms with E-state index in [0.717, 1.165) is 38.6 Å². The highest BCUT2D eigenvalue weighted by Gasteiger charge is 2.25. The Hall–Kier alpha value is -4.42. The number of aromatic amines is 2. The highest BCUT2D eigenvalue weighted by Crippen LogP contribution is 2.16. The number of carbonyl (C=O) groups excluding carboxylic acids is 3. The highest BCUT2D eigenvalue weighted by molar-refractivity contribution is 5.82. The first-order chi connectivity index (χ1) is 22.1. The van der Waals surface area contributed by atoms with E-state index >= 15 is 0 Å². The third-order valence-electron chi connectivity index (χ3n) is 6.80. The van der Waals surface area contributed by atoms with Gasteiger partial charge in [0.05, 0.1) is 10.7 Å². The van der Waals surface area contributed by atoms with Crippen LogP contribution >= 0.6 is 0 Å². The zero-order valence-corrected chi connectivity index (χ0v) is 29.0. The minimum atomic E-state index is -1.00. The van der Waals surface area contributed by atoms with Crippen molar-refractivity contribution in [1.29, 1.82) is 0 Å². The predicted molar refractivity (Wildman–Crippen MR) is 191 cm³/mol. The van der Waals surface area contributed by atoms with Crippen LogP contribution in [0.15, 0.2) is 34.4 Å². The molecule has 0 aromatic carbocycles. The van der Waals surface area contributed by atoms with E-state index in [1.165, 1.54) is 12.8 Å². The number of carboxylic acids is 1. The molecule has 1 saturated heterocycles. The molecular weight excluding hydrogens is 618 g/mol. The normalized spacial score (nSPS) is 15.9. The van der Waals surface area contributed by atoms with Crippen LogP contribution < -0.4 is 32.5 Å². The van der Waals surface area contributed by atoms with E-state index in [1.807, 2.05) is 32.1 Å². The number of allylic oxidation sites excluding steroid dienone is 2. The number of aliphatic carboxylic acids is 1. The van der Waals surface area contributed by atoms with Gasteiger partial charge < -0.3 is 35.3 Å². The van der Waals surface area contributed by atoms with Gasteiger partial charge in [0, 0.05) is 18.5 Å². The fourth-order valence-electron chi connectivity index (χ4n) is 4.43. The minimum absolute atomic E-state index is 0. The summed E-state index contributed by atoms with van der Waals surface area (Å²) in [6, 6.07) is -0.553. The molecule has 272 valence electrons. The minimum Gasteiger partial charge on any atom is -0.480 e. The van der Waals surface area contributed by atoms with Gasteiger partial charge in [-0.1, -0.05) is 71.9 Å². The molecule has 0 saturated carbocycles. The van der Waals surface area contributed by atoms with Gasteiger partial charge in [-0.2, -0.15) is 0 Å². The first-order valence-electron chi connectivity index (χ1n) is 16.1. The Morgan fingerprint density at radius 3 is 2.23 bits per heavy atom. The summed E-state index contributed by atoms with van der Waals surface area (Å²) in [5, 5.41) is 14.8. The second-order valence-corrected chi connectivity index (χ2v) is 12.1. The summed E-state index contributed by atoms with van der Waals surface area (Å²) in [6.45, 7) is 17.6. The van der Waals surface area contributed by atoms with E-state index in [9.17, 15) is 28.8 Å². The third-order valence-corrected chi connectivity index (χ3v) is 6.80. The summed E-state index contributed by atoms with van der Waals surface area (Å²) < 4.78 is 5.06. The van der Waals surface area contributed by atoms with Crippen molar-refractivity contribution in [3.63, 3.8) is 0 Å². The zero-order chi connectivity index (χ0) is 36.0. The molecule has 1 aliphatic rings. The van der Waals surface area contributed by atoms with Crippen LogP contribution in [-0.4, -0.2) is 75.1 Å². The van der Waals surface area contributed by atoms with Crippen molar-refractivity contribution in [2.24, 2.45) is 5.92 Å². The van der Waals surface area contributed by atoms with Crippen molar-refractivity contribution in [1.82, 2.24) is 25.5 Å². The van der Waals surface area contributed by atoms with E-state index in [1.54, 1.807) is 44.7 Å². The number of carboxylic acid groups (broad SMARTS) is 1. The van der Waals surface area contributed by atoms with Crippen molar-refractivity contribution in [3.05, 3.63) is 56.2 Å². The molecular formula is C35H59N5O8. The van der Waals surface area contributed by atoms with Crippen molar-refractivity contribution < 1.29 is 29.0 Å². The number of nitrogens with zero attached hydrogens (tertiary/aromatic N) is 1. The Balaban J connectivity index is 0. The molecule has 48 heavy (non-hydrogen) atoms. The number of rotatable bonds is 13. The SMILES string of the molecule is C.C=C/C=c1/[nH]c(=O)c(=O)[nH]/c1=C/CC.CC1CCCN1C(=O)CNC(=O)OC(C)(C)C.CCCCC/C=C\C(C)C(NC=O)C(=O)O. The second-order valence-electron chi connectivity index (χ2n) is 12.1. The lowest BCUT2D eigenvalue weighted by molar-refractivity contribution is -0.141. The number of hydrogen-bond donors (Lipinski definition) is 5. The van der Waals surface area contributed by atoms with Gasteiger partial charge in [0.25, 0.3) is 0 Å². The quantitative estimate of drug-likeness (QED) is 0.0909.